The van der Waals surface area contributed by atoms with Crippen LogP contribution in [-0.4, -0.2) is 41.7 Å². The fourth-order valence-corrected chi connectivity index (χ4v) is 11.7. The Labute approximate surface area is 299 Å². The van der Waals surface area contributed by atoms with E-state index in [2.05, 4.69) is 4.98 Å². The molecule has 4 aromatic rings. The van der Waals surface area contributed by atoms with E-state index >= 15 is 0 Å². The van der Waals surface area contributed by atoms with E-state index < -0.39 is 17.8 Å². The van der Waals surface area contributed by atoms with Crippen molar-refractivity contribution < 1.29 is 28.6 Å². The summed E-state index contributed by atoms with van der Waals surface area (Å²) in [4.78, 5) is 58.2. The number of anilines is 1. The maximum atomic E-state index is 14.2. The highest BCUT2D eigenvalue weighted by molar-refractivity contribution is 8.00. The molecule has 9 nitrogen and oxygen atoms in total. The van der Waals surface area contributed by atoms with Gasteiger partial charge in [-0.3, -0.25) is 19.3 Å². The van der Waals surface area contributed by atoms with Gasteiger partial charge in [-0.25, -0.2) is 4.79 Å². The normalized spacial score (nSPS) is 26.4. The average Bonchev–Trinajstić information content (AvgIpc) is 3.83. The Hall–Kier alpha value is -3.77. The maximum absolute atomic E-state index is 14.2. The molecule has 8 rings (SSSR count). The molecule has 2 bridgehead atoms. The summed E-state index contributed by atoms with van der Waals surface area (Å²) in [5.41, 5.74) is 2.54. The van der Waals surface area contributed by atoms with E-state index in [4.69, 9.17) is 37.4 Å². The van der Waals surface area contributed by atoms with Crippen LogP contribution in [0.2, 0.25) is 10.0 Å². The molecule has 7 atom stereocenters. The molecule has 3 fully saturated rings. The Morgan fingerprint density at radius 3 is 2.43 bits per heavy atom. The molecule has 1 N–H and O–H groups in total. The second-order valence-electron chi connectivity index (χ2n) is 12.7. The Kier molecular flexibility index (Phi) is 8.29. The van der Waals surface area contributed by atoms with Gasteiger partial charge in [-0.2, -0.15) is 0 Å². The number of thiazole rings is 1. The van der Waals surface area contributed by atoms with Crippen LogP contribution in [0.3, 0.4) is 0 Å². The lowest BCUT2D eigenvalue weighted by molar-refractivity contribution is -0.123. The van der Waals surface area contributed by atoms with Crippen molar-refractivity contribution in [2.24, 2.45) is 29.6 Å². The summed E-state index contributed by atoms with van der Waals surface area (Å²) in [5.74, 6) is -0.940. The van der Waals surface area contributed by atoms with Gasteiger partial charge in [0.1, 0.15) is 6.61 Å². The number of nitrogens with one attached hydrogen (secondary N) is 1. The second kappa shape index (κ2) is 12.5. The van der Waals surface area contributed by atoms with E-state index in [1.807, 2.05) is 24.3 Å². The molecule has 2 amide bonds. The number of esters is 1. The van der Waals surface area contributed by atoms with Crippen LogP contribution >= 0.6 is 46.3 Å². The zero-order valence-electron chi connectivity index (χ0n) is 26.3. The van der Waals surface area contributed by atoms with Gasteiger partial charge in [0, 0.05) is 31.7 Å². The smallest absolute Gasteiger partial charge is 0.338 e. The number of carbonyl (C=O) groups is 3. The van der Waals surface area contributed by atoms with E-state index in [0.29, 0.717) is 32.8 Å². The molecule has 252 valence electrons. The highest BCUT2D eigenvalue weighted by Crippen LogP contribution is 2.68. The van der Waals surface area contributed by atoms with E-state index in [-0.39, 0.29) is 58.8 Å². The molecule has 4 aliphatic rings. The van der Waals surface area contributed by atoms with Crippen LogP contribution in [0.25, 0.3) is 0 Å². The summed E-state index contributed by atoms with van der Waals surface area (Å²) >= 11 is 15.3. The van der Waals surface area contributed by atoms with Crippen LogP contribution in [0, 0.1) is 29.6 Å². The van der Waals surface area contributed by atoms with Crippen molar-refractivity contribution in [2.45, 2.75) is 36.1 Å². The van der Waals surface area contributed by atoms with Crippen molar-refractivity contribution in [3.63, 3.8) is 0 Å². The quantitative estimate of drug-likeness (QED) is 0.149. The number of imide groups is 1. The Morgan fingerprint density at radius 2 is 1.71 bits per heavy atom. The van der Waals surface area contributed by atoms with Gasteiger partial charge >= 0.3 is 10.8 Å². The Balaban J connectivity index is 1.11. The van der Waals surface area contributed by atoms with Crippen molar-refractivity contribution in [1.29, 1.82) is 0 Å². The highest BCUT2D eigenvalue weighted by atomic mass is 35.5. The van der Waals surface area contributed by atoms with Crippen molar-refractivity contribution in [2.75, 3.05) is 18.6 Å². The largest absolute Gasteiger partial charge is 0.493 e. The van der Waals surface area contributed by atoms with Gasteiger partial charge in [0.25, 0.3) is 0 Å². The van der Waals surface area contributed by atoms with Gasteiger partial charge in [-0.15, -0.1) is 11.8 Å². The molecule has 1 saturated heterocycles. The van der Waals surface area contributed by atoms with Gasteiger partial charge < -0.3 is 19.2 Å². The van der Waals surface area contributed by atoms with Gasteiger partial charge in [0.15, 0.2) is 11.5 Å². The highest BCUT2D eigenvalue weighted by Gasteiger charge is 2.69. The third-order valence-corrected chi connectivity index (χ3v) is 13.5. The summed E-state index contributed by atoms with van der Waals surface area (Å²) in [5, 5.41) is 1.90. The number of halogens is 2. The van der Waals surface area contributed by atoms with Crippen LogP contribution in [0.1, 0.15) is 45.6 Å². The molecule has 0 radical (unpaired) electrons. The maximum Gasteiger partial charge on any atom is 0.338 e. The molecule has 2 saturated carbocycles. The number of nitrogens with zero attached hydrogens (tertiary/aromatic N) is 1. The van der Waals surface area contributed by atoms with E-state index in [9.17, 15) is 19.2 Å². The van der Waals surface area contributed by atoms with Gasteiger partial charge in [0.2, 0.25) is 11.8 Å². The first-order valence-electron chi connectivity index (χ1n) is 16.0. The van der Waals surface area contributed by atoms with Crippen LogP contribution in [0.4, 0.5) is 5.69 Å². The molecular formula is C36H30Cl2N2O7S2. The third kappa shape index (κ3) is 5.28. The average molecular weight is 738 g/mol. The number of amides is 2. The molecule has 49 heavy (non-hydrogen) atoms. The molecule has 0 spiro atoms. The van der Waals surface area contributed by atoms with Gasteiger partial charge in [0.05, 0.1) is 41.8 Å². The molecule has 2 aliphatic carbocycles. The summed E-state index contributed by atoms with van der Waals surface area (Å²) in [6, 6.07) is 17.5. The monoisotopic (exact) mass is 736 g/mol. The van der Waals surface area contributed by atoms with Crippen LogP contribution in [0.15, 0.2) is 70.5 Å². The van der Waals surface area contributed by atoms with E-state index in [1.54, 1.807) is 62.2 Å². The number of hydrogen-bond acceptors (Lipinski definition) is 9. The zero-order chi connectivity index (χ0) is 34.1. The number of methoxy groups -OCH3 is 1. The topological polar surface area (TPSA) is 115 Å². The molecular weight excluding hydrogens is 707 g/mol. The lowest BCUT2D eigenvalue weighted by Crippen LogP contribution is -2.42. The van der Waals surface area contributed by atoms with Crippen LogP contribution in [-0.2, 0) is 20.9 Å². The number of H-pyrrole nitrogens is 1. The number of rotatable bonds is 8. The molecule has 1 aromatic heterocycles. The number of fused-ring (bicyclic) bond motifs is 9. The summed E-state index contributed by atoms with van der Waals surface area (Å²) in [6.45, 7) is 2.20. The molecule has 2 aliphatic heterocycles. The number of aromatic nitrogens is 1. The number of benzene rings is 3. The minimum absolute atomic E-state index is 0.0161. The number of carbonyl (C=O) groups excluding carboxylic acids is 3. The minimum Gasteiger partial charge on any atom is -0.493 e. The Bertz CT molecular complexity index is 2060. The fourth-order valence-electron chi connectivity index (χ4n) is 8.40. The van der Waals surface area contributed by atoms with Gasteiger partial charge in [-0.1, -0.05) is 46.7 Å². The number of ether oxygens (including phenoxy) is 3. The summed E-state index contributed by atoms with van der Waals surface area (Å²) in [6.07, 6.45) is 0.765. The van der Waals surface area contributed by atoms with E-state index in [0.717, 1.165) is 27.5 Å². The van der Waals surface area contributed by atoms with Crippen molar-refractivity contribution in [1.82, 2.24) is 4.98 Å². The van der Waals surface area contributed by atoms with Crippen LogP contribution < -0.4 is 19.2 Å². The van der Waals surface area contributed by atoms with E-state index in [1.165, 1.54) is 16.2 Å². The minimum atomic E-state index is -0.461. The first-order chi connectivity index (χ1) is 23.7. The number of hydrogen-bond donors (Lipinski definition) is 1. The van der Waals surface area contributed by atoms with Crippen molar-refractivity contribution in [3.05, 3.63) is 102 Å². The number of thioether (sulfide) groups is 1. The molecule has 7 unspecified atom stereocenters. The first kappa shape index (κ1) is 32.4. The predicted molar refractivity (Wildman–Crippen MR) is 187 cm³/mol. The first-order valence-corrected chi connectivity index (χ1v) is 18.4. The lowest BCUT2D eigenvalue weighted by Gasteiger charge is -2.43. The van der Waals surface area contributed by atoms with Crippen LogP contribution in [0.5, 0.6) is 11.5 Å². The predicted octanol–water partition coefficient (Wildman–Crippen LogP) is 7.19. The van der Waals surface area contributed by atoms with Crippen molar-refractivity contribution in [3.8, 4) is 11.5 Å². The standard InChI is InChI=1S/C36H30Cl2N2O7S2/c1-3-46-35(43)16-5-9-20(10-6-16)40-33(41)28-21-14-22(29(28)34(40)42)30-27(21)26(31-32(48-30)39-36(44)49-31)17-7-11-24(25(12-17)45-2)47-15-18-4-8-19(37)13-23(18)38/h4-13,21-22,26-30H,3,14-15H2,1-2H3,(H,39,44). The second-order valence-corrected chi connectivity index (χ2v) is 15.7. The summed E-state index contributed by atoms with van der Waals surface area (Å²) < 4.78 is 17.0. The van der Waals surface area contributed by atoms with Crippen molar-refractivity contribution >= 4 is 69.8 Å². The summed E-state index contributed by atoms with van der Waals surface area (Å²) in [7, 11) is 1.58. The molecule has 3 heterocycles. The van der Waals surface area contributed by atoms with Gasteiger partial charge in [-0.05, 0) is 85.2 Å². The molecule has 13 heteroatoms. The third-order valence-electron chi connectivity index (χ3n) is 10.3. The number of aromatic amines is 1. The molecule has 3 aromatic carbocycles. The Morgan fingerprint density at radius 1 is 0.959 bits per heavy atom. The lowest BCUT2D eigenvalue weighted by atomic mass is 9.68. The fraction of sp³-hybridized carbons (Fsp3) is 0.333. The SMILES string of the molecule is CCOC(=O)c1ccc(N2C(=O)C3C4CC(C3C2=O)C2C(c3ccc(OCc5ccc(Cl)cc5Cl)c(OC)c3)c3sc(=O)[nH]c3SC42)cc1. The zero-order valence-corrected chi connectivity index (χ0v) is 29.5.